The van der Waals surface area contributed by atoms with E-state index >= 15 is 0 Å². The summed E-state index contributed by atoms with van der Waals surface area (Å²) in [5.41, 5.74) is 3.45. The molecule has 0 saturated carbocycles. The number of hydrogen-bond acceptors (Lipinski definition) is 4. The zero-order valence-electron chi connectivity index (χ0n) is 10.2. The molecule has 4 heteroatoms. The van der Waals surface area contributed by atoms with Gasteiger partial charge in [-0.3, -0.25) is 0 Å². The highest BCUT2D eigenvalue weighted by Crippen LogP contribution is 2.35. The molecule has 1 aromatic carbocycles. The van der Waals surface area contributed by atoms with Crippen LogP contribution < -0.4 is 10.2 Å². The summed E-state index contributed by atoms with van der Waals surface area (Å²) in [6.07, 6.45) is 0. The predicted octanol–water partition coefficient (Wildman–Crippen LogP) is 2.18. The molecule has 0 aliphatic carbocycles. The number of hydroxylamine groups is 1. The first-order chi connectivity index (χ1) is 7.40. The van der Waals surface area contributed by atoms with Crippen molar-refractivity contribution in [2.75, 3.05) is 7.11 Å². The van der Waals surface area contributed by atoms with Crippen LogP contribution in [0.25, 0.3) is 0 Å². The first-order valence-corrected chi connectivity index (χ1v) is 5.17. The van der Waals surface area contributed by atoms with Crippen molar-refractivity contribution in [2.45, 2.75) is 32.7 Å². The average molecular weight is 225 g/mol. The van der Waals surface area contributed by atoms with Crippen LogP contribution in [0, 0.1) is 0 Å². The van der Waals surface area contributed by atoms with Gasteiger partial charge >= 0.3 is 0 Å². The van der Waals surface area contributed by atoms with Crippen molar-refractivity contribution in [1.82, 2.24) is 5.48 Å². The monoisotopic (exact) mass is 225 g/mol. The number of phenolic OH excluding ortho intramolecular Hbond substituents is 1. The van der Waals surface area contributed by atoms with Crippen molar-refractivity contribution < 1.29 is 15.1 Å². The Morgan fingerprint density at radius 2 is 1.94 bits per heavy atom. The fraction of sp³-hybridized carbons (Fsp3) is 0.500. The van der Waals surface area contributed by atoms with Crippen molar-refractivity contribution in [3.63, 3.8) is 0 Å². The van der Waals surface area contributed by atoms with E-state index in [1.807, 2.05) is 26.8 Å². The van der Waals surface area contributed by atoms with Crippen molar-refractivity contribution in [2.24, 2.45) is 0 Å². The Hall–Kier alpha value is -1.26. The third-order valence-corrected chi connectivity index (χ3v) is 2.48. The lowest BCUT2D eigenvalue weighted by atomic mass is 9.85. The molecular weight excluding hydrogens is 206 g/mol. The van der Waals surface area contributed by atoms with Crippen LogP contribution >= 0.6 is 0 Å². The van der Waals surface area contributed by atoms with Gasteiger partial charge in [-0.1, -0.05) is 20.8 Å². The van der Waals surface area contributed by atoms with E-state index in [-0.39, 0.29) is 17.7 Å². The van der Waals surface area contributed by atoms with Gasteiger partial charge < -0.3 is 15.1 Å². The smallest absolute Gasteiger partial charge is 0.124 e. The van der Waals surface area contributed by atoms with E-state index in [0.29, 0.717) is 5.75 Å². The van der Waals surface area contributed by atoms with Gasteiger partial charge in [0.25, 0.3) is 0 Å². The highest BCUT2D eigenvalue weighted by Gasteiger charge is 2.20. The average Bonchev–Trinajstić information content (AvgIpc) is 2.16. The van der Waals surface area contributed by atoms with E-state index in [4.69, 9.17) is 9.94 Å². The fourth-order valence-electron chi connectivity index (χ4n) is 1.63. The second kappa shape index (κ2) is 4.72. The van der Waals surface area contributed by atoms with E-state index < -0.39 is 0 Å². The Morgan fingerprint density at radius 3 is 2.38 bits per heavy atom. The molecule has 0 aliphatic rings. The maximum Gasteiger partial charge on any atom is 0.124 e. The predicted molar refractivity (Wildman–Crippen MR) is 62.0 cm³/mol. The van der Waals surface area contributed by atoms with Crippen LogP contribution in [0.5, 0.6) is 11.5 Å². The van der Waals surface area contributed by atoms with Gasteiger partial charge in [0.15, 0.2) is 0 Å². The molecule has 0 bridgehead atoms. The number of hydrogen-bond donors (Lipinski definition) is 3. The first-order valence-electron chi connectivity index (χ1n) is 5.17. The number of benzene rings is 1. The molecule has 0 atom stereocenters. The van der Waals surface area contributed by atoms with Gasteiger partial charge in [0.05, 0.1) is 7.11 Å². The van der Waals surface area contributed by atoms with Gasteiger partial charge in [0, 0.05) is 17.7 Å². The maximum atomic E-state index is 9.91. The summed E-state index contributed by atoms with van der Waals surface area (Å²) >= 11 is 0. The summed E-state index contributed by atoms with van der Waals surface area (Å²) in [5, 5.41) is 18.6. The molecule has 1 rings (SSSR count). The van der Waals surface area contributed by atoms with Crippen LogP contribution in [0.4, 0.5) is 0 Å². The molecule has 3 N–H and O–H groups in total. The van der Waals surface area contributed by atoms with Gasteiger partial charge in [-0.05, 0) is 17.5 Å². The van der Waals surface area contributed by atoms with Crippen LogP contribution in [0.2, 0.25) is 0 Å². The van der Waals surface area contributed by atoms with E-state index in [0.717, 1.165) is 11.1 Å². The fourth-order valence-corrected chi connectivity index (χ4v) is 1.63. The summed E-state index contributed by atoms with van der Waals surface area (Å²) < 4.78 is 5.23. The molecule has 0 unspecified atom stereocenters. The Labute approximate surface area is 95.8 Å². The van der Waals surface area contributed by atoms with E-state index in [9.17, 15) is 5.11 Å². The summed E-state index contributed by atoms with van der Waals surface area (Å²) in [7, 11) is 1.57. The highest BCUT2D eigenvalue weighted by atomic mass is 16.5. The SMILES string of the molecule is COc1cc(C(C)(C)C)c(O)cc1CNO. The van der Waals surface area contributed by atoms with Crippen LogP contribution in [0.1, 0.15) is 31.9 Å². The summed E-state index contributed by atoms with van der Waals surface area (Å²) in [4.78, 5) is 0. The van der Waals surface area contributed by atoms with Gasteiger partial charge in [-0.15, -0.1) is 0 Å². The third kappa shape index (κ3) is 2.65. The van der Waals surface area contributed by atoms with Crippen LogP contribution in [-0.2, 0) is 12.0 Å². The lowest BCUT2D eigenvalue weighted by Crippen LogP contribution is -2.13. The summed E-state index contributed by atoms with van der Waals surface area (Å²) in [6, 6.07) is 3.42. The van der Waals surface area contributed by atoms with Gasteiger partial charge in [-0.2, -0.15) is 0 Å². The number of methoxy groups -OCH3 is 1. The maximum absolute atomic E-state index is 9.91. The molecule has 4 nitrogen and oxygen atoms in total. The zero-order chi connectivity index (χ0) is 12.3. The highest BCUT2D eigenvalue weighted by molar-refractivity contribution is 5.48. The number of rotatable bonds is 3. The topological polar surface area (TPSA) is 61.7 Å². The number of ether oxygens (including phenoxy) is 1. The van der Waals surface area contributed by atoms with Crippen molar-refractivity contribution in [1.29, 1.82) is 0 Å². The Morgan fingerprint density at radius 1 is 1.31 bits per heavy atom. The molecule has 0 spiro atoms. The van der Waals surface area contributed by atoms with Crippen LogP contribution in [-0.4, -0.2) is 17.4 Å². The van der Waals surface area contributed by atoms with Crippen LogP contribution in [0.15, 0.2) is 12.1 Å². The molecule has 0 fully saturated rings. The molecule has 16 heavy (non-hydrogen) atoms. The Bertz CT molecular complexity index is 369. The lowest BCUT2D eigenvalue weighted by molar-refractivity contribution is 0.160. The molecular formula is C12H19NO3. The number of aromatic hydroxyl groups is 1. The van der Waals surface area contributed by atoms with Gasteiger partial charge in [0.2, 0.25) is 0 Å². The van der Waals surface area contributed by atoms with Crippen LogP contribution in [0.3, 0.4) is 0 Å². The molecule has 0 saturated heterocycles. The normalized spacial score (nSPS) is 11.6. The molecule has 1 aromatic rings. The lowest BCUT2D eigenvalue weighted by Gasteiger charge is -2.22. The summed E-state index contributed by atoms with van der Waals surface area (Å²) in [6.45, 7) is 6.30. The second-order valence-corrected chi connectivity index (χ2v) is 4.77. The van der Waals surface area contributed by atoms with E-state index in [1.165, 1.54) is 0 Å². The van der Waals surface area contributed by atoms with E-state index in [1.54, 1.807) is 13.2 Å². The minimum atomic E-state index is -0.150. The molecule has 0 amide bonds. The molecule has 0 aromatic heterocycles. The minimum absolute atomic E-state index is 0.150. The second-order valence-electron chi connectivity index (χ2n) is 4.77. The third-order valence-electron chi connectivity index (χ3n) is 2.48. The summed E-state index contributed by atoms with van der Waals surface area (Å²) in [5.74, 6) is 0.878. The largest absolute Gasteiger partial charge is 0.508 e. The first kappa shape index (κ1) is 12.8. The van der Waals surface area contributed by atoms with Gasteiger partial charge in [0.1, 0.15) is 11.5 Å². The molecule has 90 valence electrons. The Kier molecular flexibility index (Phi) is 3.78. The zero-order valence-corrected chi connectivity index (χ0v) is 10.2. The molecule has 0 aliphatic heterocycles. The van der Waals surface area contributed by atoms with Crippen molar-refractivity contribution in [3.8, 4) is 11.5 Å². The number of nitrogens with one attached hydrogen (secondary N) is 1. The Balaban J connectivity index is 3.26. The molecule has 0 radical (unpaired) electrons. The quantitative estimate of drug-likeness (QED) is 0.690. The van der Waals surface area contributed by atoms with Crippen molar-refractivity contribution in [3.05, 3.63) is 23.3 Å². The van der Waals surface area contributed by atoms with E-state index in [2.05, 4.69) is 5.48 Å². The standard InChI is InChI=1S/C12H19NO3/c1-12(2,3)9-6-11(16-4)8(7-13-15)5-10(9)14/h5-6,13-15H,7H2,1-4H3. The van der Waals surface area contributed by atoms with Gasteiger partial charge in [-0.25, -0.2) is 5.48 Å². The van der Waals surface area contributed by atoms with Crippen molar-refractivity contribution >= 4 is 0 Å². The number of phenols is 1. The minimum Gasteiger partial charge on any atom is -0.508 e. The molecule has 0 heterocycles.